The molecule has 14 heavy (non-hydrogen) atoms. The lowest BCUT2D eigenvalue weighted by molar-refractivity contribution is 1.07. The SMILES string of the molecule is NCc1ccc2scc(C3CC3)c2c1. The van der Waals surface area contributed by atoms with Crippen molar-refractivity contribution in [2.45, 2.75) is 25.3 Å². The van der Waals surface area contributed by atoms with Crippen LogP contribution in [0.5, 0.6) is 0 Å². The summed E-state index contributed by atoms with van der Waals surface area (Å²) in [4.78, 5) is 0. The zero-order valence-electron chi connectivity index (χ0n) is 7.99. The van der Waals surface area contributed by atoms with Crippen molar-refractivity contribution in [3.63, 3.8) is 0 Å². The Balaban J connectivity index is 2.20. The second-order valence-electron chi connectivity index (χ2n) is 4.00. The number of hydrogen-bond donors (Lipinski definition) is 1. The molecule has 0 saturated heterocycles. The highest BCUT2D eigenvalue weighted by molar-refractivity contribution is 7.17. The van der Waals surface area contributed by atoms with Crippen molar-refractivity contribution in [1.29, 1.82) is 0 Å². The van der Waals surface area contributed by atoms with Crippen LogP contribution >= 0.6 is 11.3 Å². The van der Waals surface area contributed by atoms with Crippen LogP contribution in [0.15, 0.2) is 23.6 Å². The molecule has 1 nitrogen and oxygen atoms in total. The van der Waals surface area contributed by atoms with Gasteiger partial charge in [0, 0.05) is 11.2 Å². The third-order valence-electron chi connectivity index (χ3n) is 2.92. The first-order valence-electron chi connectivity index (χ1n) is 5.08. The van der Waals surface area contributed by atoms with Crippen molar-refractivity contribution < 1.29 is 0 Å². The van der Waals surface area contributed by atoms with Crippen LogP contribution < -0.4 is 5.73 Å². The van der Waals surface area contributed by atoms with Crippen LogP contribution in [-0.4, -0.2) is 0 Å². The maximum Gasteiger partial charge on any atom is 0.0345 e. The Kier molecular flexibility index (Phi) is 1.85. The van der Waals surface area contributed by atoms with Gasteiger partial charge in [-0.2, -0.15) is 0 Å². The smallest absolute Gasteiger partial charge is 0.0345 e. The highest BCUT2D eigenvalue weighted by Gasteiger charge is 2.25. The van der Waals surface area contributed by atoms with Crippen LogP contribution in [-0.2, 0) is 6.54 Å². The van der Waals surface area contributed by atoms with E-state index in [-0.39, 0.29) is 0 Å². The zero-order chi connectivity index (χ0) is 9.54. The van der Waals surface area contributed by atoms with E-state index in [2.05, 4.69) is 23.6 Å². The van der Waals surface area contributed by atoms with Crippen molar-refractivity contribution in [2.75, 3.05) is 0 Å². The first kappa shape index (κ1) is 8.45. The van der Waals surface area contributed by atoms with E-state index in [1.807, 2.05) is 11.3 Å². The number of fused-ring (bicyclic) bond motifs is 1. The average Bonchev–Trinajstić information content (AvgIpc) is 2.98. The van der Waals surface area contributed by atoms with Crippen molar-refractivity contribution in [1.82, 2.24) is 0 Å². The summed E-state index contributed by atoms with van der Waals surface area (Å²) >= 11 is 1.86. The van der Waals surface area contributed by atoms with Gasteiger partial charge < -0.3 is 5.73 Å². The van der Waals surface area contributed by atoms with Crippen LogP contribution in [0.1, 0.15) is 29.9 Å². The third-order valence-corrected chi connectivity index (χ3v) is 3.90. The molecule has 1 saturated carbocycles. The van der Waals surface area contributed by atoms with E-state index in [9.17, 15) is 0 Å². The molecular weight excluding hydrogens is 190 g/mol. The molecule has 0 unspecified atom stereocenters. The Hall–Kier alpha value is -0.860. The van der Waals surface area contributed by atoms with Gasteiger partial charge in [0.2, 0.25) is 0 Å². The number of thiophene rings is 1. The van der Waals surface area contributed by atoms with Crippen LogP contribution in [0.2, 0.25) is 0 Å². The highest BCUT2D eigenvalue weighted by Crippen LogP contribution is 2.45. The van der Waals surface area contributed by atoms with Gasteiger partial charge in [-0.15, -0.1) is 11.3 Å². The lowest BCUT2D eigenvalue weighted by atomic mass is 10.1. The molecule has 0 radical (unpaired) electrons. The summed E-state index contributed by atoms with van der Waals surface area (Å²) < 4.78 is 1.41. The molecule has 0 bridgehead atoms. The maximum absolute atomic E-state index is 5.65. The van der Waals surface area contributed by atoms with Crippen LogP contribution in [0, 0.1) is 0 Å². The quantitative estimate of drug-likeness (QED) is 0.796. The van der Waals surface area contributed by atoms with Crippen LogP contribution in [0.3, 0.4) is 0 Å². The normalized spacial score (nSPS) is 16.4. The van der Waals surface area contributed by atoms with Crippen LogP contribution in [0.25, 0.3) is 10.1 Å². The average molecular weight is 203 g/mol. The lowest BCUT2D eigenvalue weighted by Crippen LogP contribution is -1.95. The molecule has 0 amide bonds. The third kappa shape index (κ3) is 1.26. The largest absolute Gasteiger partial charge is 0.326 e. The van der Waals surface area contributed by atoms with Crippen molar-refractivity contribution in [2.24, 2.45) is 5.73 Å². The Bertz CT molecular complexity index is 468. The second-order valence-corrected chi connectivity index (χ2v) is 4.91. The summed E-state index contributed by atoms with van der Waals surface area (Å²) in [6.45, 7) is 0.649. The van der Waals surface area contributed by atoms with Crippen LogP contribution in [0.4, 0.5) is 0 Å². The van der Waals surface area contributed by atoms with E-state index in [0.717, 1.165) is 5.92 Å². The molecule has 1 aliphatic rings. The molecule has 1 fully saturated rings. The molecular formula is C12H13NS. The van der Waals surface area contributed by atoms with Crippen molar-refractivity contribution >= 4 is 21.4 Å². The minimum absolute atomic E-state index is 0.649. The van der Waals surface area contributed by atoms with Gasteiger partial charge >= 0.3 is 0 Å². The number of nitrogens with two attached hydrogens (primary N) is 1. The molecule has 2 heteroatoms. The summed E-state index contributed by atoms with van der Waals surface area (Å²) in [5.41, 5.74) is 8.46. The first-order chi connectivity index (χ1) is 6.88. The zero-order valence-corrected chi connectivity index (χ0v) is 8.81. The number of benzene rings is 1. The molecule has 72 valence electrons. The van der Waals surface area contributed by atoms with E-state index >= 15 is 0 Å². The molecule has 0 aliphatic heterocycles. The van der Waals surface area contributed by atoms with Gasteiger partial charge in [0.25, 0.3) is 0 Å². The molecule has 0 atom stereocenters. The minimum atomic E-state index is 0.649. The maximum atomic E-state index is 5.65. The molecule has 0 spiro atoms. The Morgan fingerprint density at radius 2 is 2.21 bits per heavy atom. The summed E-state index contributed by atoms with van der Waals surface area (Å²) in [6.07, 6.45) is 2.75. The predicted molar refractivity (Wildman–Crippen MR) is 61.7 cm³/mol. The Morgan fingerprint density at radius 1 is 1.36 bits per heavy atom. The molecule has 1 aromatic carbocycles. The molecule has 2 N–H and O–H groups in total. The van der Waals surface area contributed by atoms with Gasteiger partial charge in [0.15, 0.2) is 0 Å². The van der Waals surface area contributed by atoms with Crippen molar-refractivity contribution in [3.05, 3.63) is 34.7 Å². The molecule has 1 aliphatic carbocycles. The van der Waals surface area contributed by atoms with Gasteiger partial charge in [-0.05, 0) is 52.8 Å². The van der Waals surface area contributed by atoms with Gasteiger partial charge in [-0.3, -0.25) is 0 Å². The lowest BCUT2D eigenvalue weighted by Gasteiger charge is -1.99. The number of rotatable bonds is 2. The summed E-state index contributed by atoms with van der Waals surface area (Å²) in [5, 5.41) is 3.77. The van der Waals surface area contributed by atoms with E-state index in [4.69, 9.17) is 5.73 Å². The van der Waals surface area contributed by atoms with Gasteiger partial charge in [0.05, 0.1) is 0 Å². The van der Waals surface area contributed by atoms with Gasteiger partial charge in [-0.1, -0.05) is 6.07 Å². The van der Waals surface area contributed by atoms with E-state index in [1.165, 1.54) is 28.5 Å². The number of hydrogen-bond acceptors (Lipinski definition) is 2. The monoisotopic (exact) mass is 203 g/mol. The summed E-state index contributed by atoms with van der Waals surface area (Å²) in [5.74, 6) is 0.844. The molecule has 1 aromatic heterocycles. The fourth-order valence-corrected chi connectivity index (χ4v) is 2.96. The molecule has 3 rings (SSSR count). The topological polar surface area (TPSA) is 26.0 Å². The minimum Gasteiger partial charge on any atom is -0.326 e. The Labute approximate surface area is 87.5 Å². The summed E-state index contributed by atoms with van der Waals surface area (Å²) in [7, 11) is 0. The first-order valence-corrected chi connectivity index (χ1v) is 5.96. The summed E-state index contributed by atoms with van der Waals surface area (Å²) in [6, 6.07) is 6.60. The van der Waals surface area contributed by atoms with E-state index in [0.29, 0.717) is 6.54 Å². The highest BCUT2D eigenvalue weighted by atomic mass is 32.1. The standard InChI is InChI=1S/C12H13NS/c13-6-8-1-4-12-10(5-8)11(7-14-12)9-2-3-9/h1,4-5,7,9H,2-3,6,13H2. The molecule has 1 heterocycles. The van der Waals surface area contributed by atoms with Gasteiger partial charge in [-0.25, -0.2) is 0 Å². The van der Waals surface area contributed by atoms with E-state index in [1.54, 1.807) is 5.56 Å². The molecule has 2 aromatic rings. The second kappa shape index (κ2) is 3.07. The Morgan fingerprint density at radius 3 is 2.93 bits per heavy atom. The van der Waals surface area contributed by atoms with Gasteiger partial charge in [0.1, 0.15) is 0 Å². The van der Waals surface area contributed by atoms with Crippen molar-refractivity contribution in [3.8, 4) is 0 Å². The fraction of sp³-hybridized carbons (Fsp3) is 0.333. The fourth-order valence-electron chi connectivity index (χ4n) is 1.93. The van der Waals surface area contributed by atoms with E-state index < -0.39 is 0 Å². The predicted octanol–water partition coefficient (Wildman–Crippen LogP) is 3.24.